The van der Waals surface area contributed by atoms with Crippen LogP contribution in [-0.4, -0.2) is 58.7 Å². The van der Waals surface area contributed by atoms with Gasteiger partial charge in [-0.2, -0.15) is 0 Å². The van der Waals surface area contributed by atoms with Crippen LogP contribution in [0.4, 0.5) is 0 Å². The number of amides is 1. The molecule has 7 heteroatoms. The van der Waals surface area contributed by atoms with E-state index in [-0.39, 0.29) is 24.7 Å². The Kier molecular flexibility index (Phi) is 5.94. The van der Waals surface area contributed by atoms with Crippen molar-refractivity contribution in [3.63, 3.8) is 0 Å². The summed E-state index contributed by atoms with van der Waals surface area (Å²) in [4.78, 5) is 22.8. The minimum absolute atomic E-state index is 0.0268. The molecule has 6 rings (SSSR count). The first-order valence-electron chi connectivity index (χ1n) is 12.7. The van der Waals surface area contributed by atoms with E-state index in [1.165, 1.54) is 24.8 Å². The van der Waals surface area contributed by atoms with E-state index in [9.17, 15) is 4.79 Å². The van der Waals surface area contributed by atoms with Crippen LogP contribution < -0.4 is 9.47 Å². The van der Waals surface area contributed by atoms with Crippen molar-refractivity contribution in [2.24, 2.45) is 5.92 Å². The highest BCUT2D eigenvalue weighted by molar-refractivity contribution is 5.81. The molecule has 2 saturated heterocycles. The molecule has 1 aromatic heterocycles. The zero-order valence-electron chi connectivity index (χ0n) is 20.2. The monoisotopic (exact) mass is 472 g/mol. The second kappa shape index (κ2) is 9.38. The van der Waals surface area contributed by atoms with E-state index in [0.717, 1.165) is 54.6 Å². The van der Waals surface area contributed by atoms with Gasteiger partial charge in [-0.05, 0) is 56.1 Å². The summed E-state index contributed by atoms with van der Waals surface area (Å²) >= 11 is 0. The number of benzene rings is 2. The standard InChI is InChI=1S/C28H32N4O3/c1-30-24(14-22(28(30)33)17-31-12-6-3-7-13-31)27-29-23(18-32(27)16-20-8-4-2-5-9-20)21-10-11-25-26(15-21)35-19-34-25/h2,4-5,8-11,15,18,22,24H,3,6-7,12-14,16-17,19H2,1H3. The third kappa shape index (κ3) is 4.41. The Morgan fingerprint density at radius 3 is 2.63 bits per heavy atom. The van der Waals surface area contributed by atoms with Gasteiger partial charge in [0, 0.05) is 31.9 Å². The summed E-state index contributed by atoms with van der Waals surface area (Å²) in [6.45, 7) is 4.03. The Labute approximate surface area is 206 Å². The molecule has 4 heterocycles. The van der Waals surface area contributed by atoms with E-state index in [1.54, 1.807) is 0 Å². The molecule has 2 unspecified atom stereocenters. The van der Waals surface area contributed by atoms with E-state index in [2.05, 4.69) is 39.9 Å². The molecule has 0 saturated carbocycles. The lowest BCUT2D eigenvalue weighted by Crippen LogP contribution is -2.37. The van der Waals surface area contributed by atoms with Gasteiger partial charge in [-0.1, -0.05) is 36.8 Å². The summed E-state index contributed by atoms with van der Waals surface area (Å²) in [5.41, 5.74) is 3.08. The molecule has 0 N–H and O–H groups in total. The van der Waals surface area contributed by atoms with Crippen molar-refractivity contribution in [1.82, 2.24) is 19.4 Å². The third-order valence-electron chi connectivity index (χ3n) is 7.57. The number of aromatic nitrogens is 2. The van der Waals surface area contributed by atoms with E-state index < -0.39 is 0 Å². The topological polar surface area (TPSA) is 59.8 Å². The molecule has 2 atom stereocenters. The van der Waals surface area contributed by atoms with Crippen LogP contribution in [-0.2, 0) is 11.3 Å². The zero-order valence-corrected chi connectivity index (χ0v) is 20.2. The van der Waals surface area contributed by atoms with Gasteiger partial charge in [0.05, 0.1) is 17.7 Å². The van der Waals surface area contributed by atoms with Crippen LogP contribution in [0, 0.1) is 5.92 Å². The molecular formula is C28H32N4O3. The number of imidazole rings is 1. The van der Waals surface area contributed by atoms with E-state index >= 15 is 0 Å². The predicted octanol–water partition coefficient (Wildman–Crippen LogP) is 4.33. The fourth-order valence-corrected chi connectivity index (χ4v) is 5.65. The molecule has 0 spiro atoms. The zero-order chi connectivity index (χ0) is 23.8. The van der Waals surface area contributed by atoms with Crippen molar-refractivity contribution in [3.05, 3.63) is 66.1 Å². The minimum Gasteiger partial charge on any atom is -0.454 e. The number of fused-ring (bicyclic) bond motifs is 1. The van der Waals surface area contributed by atoms with E-state index in [0.29, 0.717) is 6.54 Å². The molecule has 2 aromatic carbocycles. The summed E-state index contributed by atoms with van der Waals surface area (Å²) in [5, 5.41) is 0. The molecule has 0 aliphatic carbocycles. The highest BCUT2D eigenvalue weighted by Crippen LogP contribution is 2.39. The Morgan fingerprint density at radius 2 is 1.80 bits per heavy atom. The van der Waals surface area contributed by atoms with Crippen molar-refractivity contribution in [2.45, 2.75) is 38.3 Å². The van der Waals surface area contributed by atoms with Crippen molar-refractivity contribution in [3.8, 4) is 22.8 Å². The molecule has 7 nitrogen and oxygen atoms in total. The van der Waals surface area contributed by atoms with Crippen molar-refractivity contribution in [1.29, 1.82) is 0 Å². The van der Waals surface area contributed by atoms with Gasteiger partial charge < -0.3 is 23.8 Å². The van der Waals surface area contributed by atoms with Crippen molar-refractivity contribution >= 4 is 5.91 Å². The van der Waals surface area contributed by atoms with E-state index in [4.69, 9.17) is 14.5 Å². The third-order valence-corrected chi connectivity index (χ3v) is 7.57. The van der Waals surface area contributed by atoms with Crippen LogP contribution in [0.5, 0.6) is 11.5 Å². The first-order valence-corrected chi connectivity index (χ1v) is 12.7. The smallest absolute Gasteiger partial charge is 0.231 e. The molecule has 182 valence electrons. The van der Waals surface area contributed by atoms with Crippen molar-refractivity contribution < 1.29 is 14.3 Å². The molecular weight excluding hydrogens is 440 g/mol. The first-order chi connectivity index (χ1) is 17.2. The van der Waals surface area contributed by atoms with Crippen LogP contribution in [0.2, 0.25) is 0 Å². The van der Waals surface area contributed by atoms with Crippen LogP contribution in [0.3, 0.4) is 0 Å². The van der Waals surface area contributed by atoms with Gasteiger partial charge in [-0.15, -0.1) is 0 Å². The number of hydrogen-bond donors (Lipinski definition) is 0. The maximum absolute atomic E-state index is 13.3. The van der Waals surface area contributed by atoms with Gasteiger partial charge in [-0.3, -0.25) is 4.79 Å². The Balaban J connectivity index is 1.32. The minimum atomic E-state index is -0.0382. The highest BCUT2D eigenvalue weighted by Gasteiger charge is 2.41. The molecule has 3 aliphatic heterocycles. The lowest BCUT2D eigenvalue weighted by Gasteiger charge is -2.28. The van der Waals surface area contributed by atoms with Gasteiger partial charge >= 0.3 is 0 Å². The molecule has 3 aromatic rings. The molecule has 0 bridgehead atoms. The molecule has 35 heavy (non-hydrogen) atoms. The fraction of sp³-hybridized carbons (Fsp3) is 0.429. The fourth-order valence-electron chi connectivity index (χ4n) is 5.65. The first kappa shape index (κ1) is 22.2. The second-order valence-electron chi connectivity index (χ2n) is 9.92. The number of nitrogens with zero attached hydrogens (tertiary/aromatic N) is 4. The van der Waals surface area contributed by atoms with E-state index in [1.807, 2.05) is 36.2 Å². The van der Waals surface area contributed by atoms with Crippen LogP contribution in [0.25, 0.3) is 11.3 Å². The molecule has 0 radical (unpaired) electrons. The lowest BCUT2D eigenvalue weighted by atomic mass is 10.0. The van der Waals surface area contributed by atoms with Crippen molar-refractivity contribution in [2.75, 3.05) is 33.5 Å². The number of piperidine rings is 1. The SMILES string of the molecule is CN1C(=O)C(CN2CCCCC2)CC1c1nc(-c2ccc3c(c2)OCO3)cn1Cc1ccccc1. The van der Waals surface area contributed by atoms with Gasteiger partial charge in [0.25, 0.3) is 0 Å². The predicted molar refractivity (Wildman–Crippen MR) is 133 cm³/mol. The summed E-state index contributed by atoms with van der Waals surface area (Å²) in [6.07, 6.45) is 6.69. The number of carbonyl (C=O) groups excluding carboxylic acids is 1. The van der Waals surface area contributed by atoms with Crippen LogP contribution in [0.1, 0.15) is 43.1 Å². The average Bonchev–Trinajstić information content (AvgIpc) is 3.59. The lowest BCUT2D eigenvalue weighted by molar-refractivity contribution is -0.131. The highest BCUT2D eigenvalue weighted by atomic mass is 16.7. The van der Waals surface area contributed by atoms with Gasteiger partial charge in [0.1, 0.15) is 5.82 Å². The summed E-state index contributed by atoms with van der Waals surface area (Å²) < 4.78 is 13.3. The summed E-state index contributed by atoms with van der Waals surface area (Å²) in [6, 6.07) is 16.3. The van der Waals surface area contributed by atoms with Gasteiger partial charge in [0.2, 0.25) is 12.7 Å². The number of hydrogen-bond acceptors (Lipinski definition) is 5. The molecule has 2 fully saturated rings. The summed E-state index contributed by atoms with van der Waals surface area (Å²) in [7, 11) is 1.94. The Morgan fingerprint density at radius 1 is 1.00 bits per heavy atom. The normalized spacial score (nSPS) is 22.2. The maximum Gasteiger partial charge on any atom is 0.231 e. The molecule has 1 amide bonds. The number of likely N-dealkylation sites (tertiary alicyclic amines) is 2. The van der Waals surface area contributed by atoms with Gasteiger partial charge in [0.15, 0.2) is 11.5 Å². The number of rotatable bonds is 6. The summed E-state index contributed by atoms with van der Waals surface area (Å²) in [5.74, 6) is 2.72. The molecule has 3 aliphatic rings. The maximum atomic E-state index is 13.3. The quantitative estimate of drug-likeness (QED) is 0.534. The van der Waals surface area contributed by atoms with Crippen LogP contribution in [0.15, 0.2) is 54.7 Å². The Bertz CT molecular complexity index is 1200. The Hall–Kier alpha value is -3.32. The van der Waals surface area contributed by atoms with Crippen LogP contribution >= 0.6 is 0 Å². The van der Waals surface area contributed by atoms with Gasteiger partial charge in [-0.25, -0.2) is 4.98 Å². The average molecular weight is 473 g/mol. The second-order valence-corrected chi connectivity index (χ2v) is 9.92. The largest absolute Gasteiger partial charge is 0.454 e. The number of carbonyl (C=O) groups is 1. The number of ether oxygens (including phenoxy) is 2.